The SMILES string of the molecule is COc1ccc(-c2ccc(S(=O)(=O)N(OCCOCC[NH+]3CC[NH2+]CC3)[C@H](CCNC(=O)OCc3ccccc3)C(=O)O)cc2)cc1. The zero-order valence-electron chi connectivity index (χ0n) is 26.5. The zero-order chi connectivity index (χ0) is 33.5. The van der Waals surface area contributed by atoms with Gasteiger partial charge in [0, 0.05) is 6.54 Å². The largest absolute Gasteiger partial charge is 0.497 e. The number of benzene rings is 3. The van der Waals surface area contributed by atoms with Crippen molar-refractivity contribution in [1.29, 1.82) is 0 Å². The van der Waals surface area contributed by atoms with Crippen LogP contribution >= 0.6 is 0 Å². The lowest BCUT2D eigenvalue weighted by atomic mass is 10.1. The number of carbonyl (C=O) groups is 2. The Morgan fingerprint density at radius 3 is 2.23 bits per heavy atom. The molecule has 4 rings (SSSR count). The van der Waals surface area contributed by atoms with Crippen LogP contribution in [0.5, 0.6) is 5.75 Å². The smallest absolute Gasteiger partial charge is 0.407 e. The number of sulfonamides is 1. The summed E-state index contributed by atoms with van der Waals surface area (Å²) in [5.74, 6) is -0.746. The summed E-state index contributed by atoms with van der Waals surface area (Å²) in [5, 5.41) is 14.9. The van der Waals surface area contributed by atoms with Crippen molar-refractivity contribution in [2.45, 2.75) is 24.0 Å². The number of ether oxygens (including phenoxy) is 3. The van der Waals surface area contributed by atoms with E-state index in [-0.39, 0.29) is 37.7 Å². The van der Waals surface area contributed by atoms with Gasteiger partial charge < -0.3 is 34.9 Å². The van der Waals surface area contributed by atoms with Crippen LogP contribution in [0, 0.1) is 0 Å². The fraction of sp³-hybridized carbons (Fsp3) is 0.394. The number of nitrogens with zero attached hydrogens (tertiary/aromatic N) is 1. The van der Waals surface area contributed by atoms with E-state index in [4.69, 9.17) is 19.0 Å². The highest BCUT2D eigenvalue weighted by atomic mass is 32.2. The molecule has 0 aliphatic carbocycles. The van der Waals surface area contributed by atoms with Crippen LogP contribution in [-0.2, 0) is 35.7 Å². The fourth-order valence-corrected chi connectivity index (χ4v) is 6.51. The predicted molar refractivity (Wildman–Crippen MR) is 172 cm³/mol. The second kappa shape index (κ2) is 18.3. The summed E-state index contributed by atoms with van der Waals surface area (Å²) in [6.07, 6.45) is -1.04. The Morgan fingerprint density at radius 1 is 0.936 bits per heavy atom. The van der Waals surface area contributed by atoms with Crippen LogP contribution < -0.4 is 20.3 Å². The van der Waals surface area contributed by atoms with Gasteiger partial charge in [0.15, 0.2) is 6.04 Å². The van der Waals surface area contributed by atoms with Gasteiger partial charge in [-0.3, -0.25) is 9.63 Å². The summed E-state index contributed by atoms with van der Waals surface area (Å²) in [7, 11) is -2.89. The third-order valence-electron chi connectivity index (χ3n) is 7.70. The van der Waals surface area contributed by atoms with Gasteiger partial charge in [0.05, 0.1) is 31.8 Å². The van der Waals surface area contributed by atoms with Crippen molar-refractivity contribution >= 4 is 22.1 Å². The maximum Gasteiger partial charge on any atom is 0.407 e. The van der Waals surface area contributed by atoms with E-state index < -0.39 is 28.1 Å². The highest BCUT2D eigenvalue weighted by Crippen LogP contribution is 2.26. The van der Waals surface area contributed by atoms with E-state index in [0.717, 1.165) is 49.4 Å². The molecule has 1 aliphatic heterocycles. The number of hydroxylamine groups is 1. The normalized spacial score (nSPS) is 14.4. The molecule has 0 bridgehead atoms. The lowest BCUT2D eigenvalue weighted by Crippen LogP contribution is -3.20. The molecule has 47 heavy (non-hydrogen) atoms. The standard InChI is InChI=1S/C33H42N4O9S/c1-43-29-11-7-27(8-12-29)28-9-13-30(14-10-28)47(41,42)37(46-24-23-44-22-21-36-19-17-34-18-20-36)31(32(38)39)15-16-35-33(40)45-25-26-5-3-2-4-6-26/h2-14,31,34H,15-25H2,1H3,(H,35,40)(H,38,39)/p+2/t31-/m1/s1. The van der Waals surface area contributed by atoms with E-state index in [1.165, 1.54) is 17.0 Å². The van der Waals surface area contributed by atoms with Crippen LogP contribution in [0.15, 0.2) is 83.8 Å². The number of hydrogen-bond donors (Lipinski definition) is 4. The maximum atomic E-state index is 13.9. The maximum absolute atomic E-state index is 13.9. The van der Waals surface area contributed by atoms with Crippen molar-refractivity contribution in [1.82, 2.24) is 9.79 Å². The highest BCUT2D eigenvalue weighted by molar-refractivity contribution is 7.89. The molecule has 0 saturated carbocycles. The second-order valence-corrected chi connectivity index (χ2v) is 12.7. The molecule has 0 aromatic heterocycles. The van der Waals surface area contributed by atoms with Crippen LogP contribution in [0.25, 0.3) is 11.1 Å². The second-order valence-electron chi connectivity index (χ2n) is 11.0. The number of quaternary nitrogens is 2. The lowest BCUT2D eigenvalue weighted by molar-refractivity contribution is -0.947. The molecule has 1 amide bonds. The molecule has 1 fully saturated rings. The third-order valence-corrected chi connectivity index (χ3v) is 9.40. The number of aliphatic carboxylic acids is 1. The monoisotopic (exact) mass is 672 g/mol. The molecule has 1 aliphatic rings. The number of amides is 1. The van der Waals surface area contributed by atoms with Gasteiger partial charge in [0.2, 0.25) is 0 Å². The molecule has 1 saturated heterocycles. The number of piperazine rings is 1. The third kappa shape index (κ3) is 11.0. The molecule has 254 valence electrons. The molecule has 1 heterocycles. The zero-order valence-corrected chi connectivity index (χ0v) is 27.3. The van der Waals surface area contributed by atoms with Crippen LogP contribution in [0.1, 0.15) is 12.0 Å². The van der Waals surface area contributed by atoms with E-state index in [1.807, 2.05) is 30.3 Å². The number of carbonyl (C=O) groups excluding carboxylic acids is 1. The van der Waals surface area contributed by atoms with Crippen LogP contribution in [0.3, 0.4) is 0 Å². The van der Waals surface area contributed by atoms with Gasteiger partial charge in [-0.2, -0.15) is 0 Å². The van der Waals surface area contributed by atoms with Crippen molar-refractivity contribution in [2.24, 2.45) is 0 Å². The Bertz CT molecular complexity index is 1500. The van der Waals surface area contributed by atoms with Gasteiger partial charge in [0.25, 0.3) is 10.0 Å². The summed E-state index contributed by atoms with van der Waals surface area (Å²) in [4.78, 5) is 31.6. The molecule has 1 atom stereocenters. The van der Waals surface area contributed by atoms with E-state index in [9.17, 15) is 23.1 Å². The predicted octanol–water partition coefficient (Wildman–Crippen LogP) is 0.533. The highest BCUT2D eigenvalue weighted by Gasteiger charge is 2.37. The molecule has 0 spiro atoms. The Labute approximate surface area is 275 Å². The summed E-state index contributed by atoms with van der Waals surface area (Å²) in [6, 6.07) is 20.8. The number of alkyl carbamates (subject to hydrolysis) is 1. The van der Waals surface area contributed by atoms with E-state index >= 15 is 0 Å². The van der Waals surface area contributed by atoms with Crippen molar-refractivity contribution in [3.05, 3.63) is 84.4 Å². The summed E-state index contributed by atoms with van der Waals surface area (Å²) in [6.45, 7) is 5.27. The van der Waals surface area contributed by atoms with Gasteiger partial charge in [0.1, 0.15) is 45.1 Å². The number of carboxylic acids is 1. The van der Waals surface area contributed by atoms with Crippen molar-refractivity contribution < 1.29 is 52.4 Å². The number of nitrogens with one attached hydrogen (secondary N) is 2. The lowest BCUT2D eigenvalue weighted by Gasteiger charge is -2.27. The molecule has 0 unspecified atom stereocenters. The van der Waals surface area contributed by atoms with E-state index in [2.05, 4.69) is 10.6 Å². The first-order valence-electron chi connectivity index (χ1n) is 15.6. The van der Waals surface area contributed by atoms with E-state index in [1.54, 1.807) is 43.5 Å². The molecule has 13 nitrogen and oxygen atoms in total. The van der Waals surface area contributed by atoms with Gasteiger partial charge in [-0.25, -0.2) is 13.2 Å². The minimum absolute atomic E-state index is 0.0306. The quantitative estimate of drug-likeness (QED) is 0.112. The summed E-state index contributed by atoms with van der Waals surface area (Å²) in [5.41, 5.74) is 2.39. The Kier molecular flexibility index (Phi) is 14.0. The molecule has 5 N–H and O–H groups in total. The Balaban J connectivity index is 1.41. The number of methoxy groups -OCH3 is 1. The molecule has 14 heteroatoms. The Hall–Kier alpha value is -4.05. The van der Waals surface area contributed by atoms with Crippen molar-refractivity contribution in [3.63, 3.8) is 0 Å². The van der Waals surface area contributed by atoms with Crippen LogP contribution in [0.4, 0.5) is 4.79 Å². The number of rotatable bonds is 18. The average molecular weight is 673 g/mol. The minimum Gasteiger partial charge on any atom is -0.497 e. The summed E-state index contributed by atoms with van der Waals surface area (Å²) >= 11 is 0. The first-order chi connectivity index (χ1) is 22.8. The molecular weight excluding hydrogens is 628 g/mol. The minimum atomic E-state index is -4.46. The van der Waals surface area contributed by atoms with Gasteiger partial charge in [-0.15, -0.1) is 0 Å². The van der Waals surface area contributed by atoms with Crippen molar-refractivity contribution in [2.75, 3.05) is 66.2 Å². The van der Waals surface area contributed by atoms with Crippen molar-refractivity contribution in [3.8, 4) is 16.9 Å². The van der Waals surface area contributed by atoms with E-state index in [0.29, 0.717) is 16.8 Å². The first kappa shape index (κ1) is 35.8. The van der Waals surface area contributed by atoms with Gasteiger partial charge in [-0.1, -0.05) is 59.1 Å². The number of carboxylic acid groups (broad SMARTS) is 1. The summed E-state index contributed by atoms with van der Waals surface area (Å²) < 4.78 is 44.3. The average Bonchev–Trinajstić information content (AvgIpc) is 3.10. The molecule has 0 radical (unpaired) electrons. The topological polar surface area (TPSA) is 162 Å². The number of nitrogens with two attached hydrogens (primary N) is 1. The van der Waals surface area contributed by atoms with Crippen LogP contribution in [-0.4, -0.2) is 102 Å². The first-order valence-corrected chi connectivity index (χ1v) is 17.0. The fourth-order valence-electron chi connectivity index (χ4n) is 5.07. The van der Waals surface area contributed by atoms with Crippen LogP contribution in [0.2, 0.25) is 0 Å². The molecular formula is C33H44N4O9S+2. The Morgan fingerprint density at radius 2 is 1.60 bits per heavy atom. The van der Waals surface area contributed by atoms with Gasteiger partial charge in [-0.05, 0) is 47.4 Å². The molecule has 3 aromatic rings. The molecule has 3 aromatic carbocycles. The number of hydrogen-bond acceptors (Lipinski definition) is 8. The van der Waals surface area contributed by atoms with Gasteiger partial charge >= 0.3 is 12.1 Å².